The number of hydrogen-bond donors (Lipinski definition) is 1. The van der Waals surface area contributed by atoms with E-state index in [2.05, 4.69) is 5.32 Å². The van der Waals surface area contributed by atoms with Gasteiger partial charge in [0.1, 0.15) is 11.4 Å². The molecule has 0 saturated carbocycles. The molecule has 1 atom stereocenters. The number of nitrogens with one attached hydrogen (secondary N) is 1. The quantitative estimate of drug-likeness (QED) is 0.614. The van der Waals surface area contributed by atoms with Crippen LogP contribution in [-0.4, -0.2) is 25.1 Å². The summed E-state index contributed by atoms with van der Waals surface area (Å²) in [6.07, 6.45) is -0.764. The van der Waals surface area contributed by atoms with E-state index in [1.165, 1.54) is 31.4 Å². The summed E-state index contributed by atoms with van der Waals surface area (Å²) in [5.41, 5.74) is 1.51. The number of carbonyl (C=O) groups is 2. The summed E-state index contributed by atoms with van der Waals surface area (Å²) in [4.78, 5) is 25.1. The molecule has 3 rings (SSSR count). The maximum Gasteiger partial charge on any atom is 0.375 e. The number of para-hydroxylation sites is 1. The van der Waals surface area contributed by atoms with Crippen LogP contribution in [0.1, 0.15) is 29.5 Å². The SMILES string of the molecule is CC[C@H](OC(=O)c1oc2ccccc2c1COC)C(=O)Nc1ccc(F)cc1. The fraction of sp³-hybridized carbons (Fsp3) is 0.238. The molecule has 0 aliphatic rings. The second-order valence-electron chi connectivity index (χ2n) is 6.14. The summed E-state index contributed by atoms with van der Waals surface area (Å²) in [7, 11) is 1.52. The number of fused-ring (bicyclic) bond motifs is 1. The van der Waals surface area contributed by atoms with Gasteiger partial charge in [-0.25, -0.2) is 9.18 Å². The summed E-state index contributed by atoms with van der Waals surface area (Å²) in [5.74, 6) is -1.65. The van der Waals surface area contributed by atoms with Crippen molar-refractivity contribution >= 4 is 28.5 Å². The summed E-state index contributed by atoms with van der Waals surface area (Å²) in [6, 6.07) is 12.5. The van der Waals surface area contributed by atoms with Gasteiger partial charge in [0.15, 0.2) is 6.10 Å². The highest BCUT2D eigenvalue weighted by Crippen LogP contribution is 2.27. The first kappa shape index (κ1) is 19.6. The van der Waals surface area contributed by atoms with E-state index in [1.807, 2.05) is 12.1 Å². The number of hydrogen-bond acceptors (Lipinski definition) is 5. The van der Waals surface area contributed by atoms with Crippen LogP contribution in [0.4, 0.5) is 10.1 Å². The number of ether oxygens (including phenoxy) is 2. The van der Waals surface area contributed by atoms with Crippen LogP contribution in [0.5, 0.6) is 0 Å². The molecule has 7 heteroatoms. The van der Waals surface area contributed by atoms with E-state index < -0.39 is 23.8 Å². The summed E-state index contributed by atoms with van der Waals surface area (Å²) in [5, 5.41) is 3.36. The van der Waals surface area contributed by atoms with Crippen LogP contribution in [-0.2, 0) is 20.9 Å². The second-order valence-corrected chi connectivity index (χ2v) is 6.14. The summed E-state index contributed by atoms with van der Waals surface area (Å²) < 4.78 is 29.2. The standard InChI is InChI=1S/C21H20FNO5/c1-3-17(20(24)23-14-10-8-13(22)9-11-14)28-21(25)19-16(12-26-2)15-6-4-5-7-18(15)27-19/h4-11,17H,3,12H2,1-2H3,(H,23,24)/t17-/m0/s1. The highest BCUT2D eigenvalue weighted by atomic mass is 19.1. The van der Waals surface area contributed by atoms with Gasteiger partial charge in [0, 0.05) is 23.7 Å². The molecular formula is C21H20FNO5. The molecule has 0 radical (unpaired) electrons. The number of anilines is 1. The number of esters is 1. The van der Waals surface area contributed by atoms with Gasteiger partial charge in [0.2, 0.25) is 5.76 Å². The van der Waals surface area contributed by atoms with Crippen molar-refractivity contribution in [2.45, 2.75) is 26.1 Å². The maximum absolute atomic E-state index is 13.0. The Hall–Kier alpha value is -3.19. The van der Waals surface area contributed by atoms with Crippen molar-refractivity contribution in [2.75, 3.05) is 12.4 Å². The molecule has 3 aromatic rings. The van der Waals surface area contributed by atoms with Crippen molar-refractivity contribution in [3.8, 4) is 0 Å². The molecule has 1 amide bonds. The van der Waals surface area contributed by atoms with E-state index in [0.717, 1.165) is 5.39 Å². The van der Waals surface area contributed by atoms with Gasteiger partial charge >= 0.3 is 5.97 Å². The molecule has 1 N–H and O–H groups in total. The van der Waals surface area contributed by atoms with E-state index in [1.54, 1.807) is 19.1 Å². The first-order chi connectivity index (χ1) is 13.5. The third-order valence-electron chi connectivity index (χ3n) is 4.20. The number of carbonyl (C=O) groups excluding carboxylic acids is 2. The van der Waals surface area contributed by atoms with Gasteiger partial charge in [-0.15, -0.1) is 0 Å². The molecular weight excluding hydrogens is 365 g/mol. The van der Waals surface area contributed by atoms with E-state index in [9.17, 15) is 14.0 Å². The maximum atomic E-state index is 13.0. The largest absolute Gasteiger partial charge is 0.449 e. The van der Waals surface area contributed by atoms with Crippen molar-refractivity contribution in [3.05, 3.63) is 65.7 Å². The Labute approximate surface area is 161 Å². The average Bonchev–Trinajstić information content (AvgIpc) is 3.07. The van der Waals surface area contributed by atoms with E-state index >= 15 is 0 Å². The van der Waals surface area contributed by atoms with Crippen LogP contribution in [0.3, 0.4) is 0 Å². The molecule has 1 aromatic heterocycles. The number of benzene rings is 2. The Kier molecular flexibility index (Phi) is 6.06. The minimum absolute atomic E-state index is 0.0103. The zero-order valence-corrected chi connectivity index (χ0v) is 15.5. The number of halogens is 1. The number of amides is 1. The van der Waals surface area contributed by atoms with Crippen LogP contribution in [0.2, 0.25) is 0 Å². The van der Waals surface area contributed by atoms with Gasteiger partial charge in [0.25, 0.3) is 5.91 Å². The second kappa shape index (κ2) is 8.67. The van der Waals surface area contributed by atoms with E-state index in [4.69, 9.17) is 13.9 Å². The molecule has 146 valence electrons. The molecule has 0 aliphatic carbocycles. The van der Waals surface area contributed by atoms with Crippen LogP contribution in [0.25, 0.3) is 11.0 Å². The first-order valence-corrected chi connectivity index (χ1v) is 8.80. The molecule has 1 heterocycles. The number of rotatable bonds is 7. The summed E-state index contributed by atoms with van der Waals surface area (Å²) in [6.45, 7) is 1.89. The highest BCUT2D eigenvalue weighted by molar-refractivity contribution is 5.99. The van der Waals surface area contributed by atoms with Gasteiger partial charge in [-0.2, -0.15) is 0 Å². The third kappa shape index (κ3) is 4.20. The van der Waals surface area contributed by atoms with Crippen molar-refractivity contribution < 1.29 is 27.9 Å². The van der Waals surface area contributed by atoms with Crippen molar-refractivity contribution in [3.63, 3.8) is 0 Å². The van der Waals surface area contributed by atoms with Crippen LogP contribution in [0.15, 0.2) is 52.9 Å². The lowest BCUT2D eigenvalue weighted by Gasteiger charge is -2.15. The molecule has 6 nitrogen and oxygen atoms in total. The Balaban J connectivity index is 1.78. The van der Waals surface area contributed by atoms with Gasteiger partial charge < -0.3 is 19.2 Å². The highest BCUT2D eigenvalue weighted by Gasteiger charge is 2.27. The molecule has 0 aliphatic heterocycles. The molecule has 0 saturated heterocycles. The Bertz CT molecular complexity index is 980. The minimum atomic E-state index is -1.03. The van der Waals surface area contributed by atoms with Crippen LogP contribution in [0, 0.1) is 5.82 Å². The molecule has 28 heavy (non-hydrogen) atoms. The normalized spacial score (nSPS) is 12.0. The lowest BCUT2D eigenvalue weighted by atomic mass is 10.1. The lowest BCUT2D eigenvalue weighted by molar-refractivity contribution is -0.124. The van der Waals surface area contributed by atoms with Crippen molar-refractivity contribution in [2.24, 2.45) is 0 Å². The van der Waals surface area contributed by atoms with Crippen molar-refractivity contribution in [1.29, 1.82) is 0 Å². The van der Waals surface area contributed by atoms with Gasteiger partial charge in [-0.05, 0) is 36.8 Å². The lowest BCUT2D eigenvalue weighted by Crippen LogP contribution is -2.32. The third-order valence-corrected chi connectivity index (χ3v) is 4.20. The fourth-order valence-electron chi connectivity index (χ4n) is 2.81. The van der Waals surface area contributed by atoms with E-state index in [-0.39, 0.29) is 18.8 Å². The molecule has 0 bridgehead atoms. The molecule has 0 unspecified atom stereocenters. The molecule has 2 aromatic carbocycles. The summed E-state index contributed by atoms with van der Waals surface area (Å²) >= 11 is 0. The fourth-order valence-corrected chi connectivity index (χ4v) is 2.81. The molecule has 0 fully saturated rings. The predicted octanol–water partition coefficient (Wildman–Crippen LogP) is 4.29. The molecule has 0 spiro atoms. The Morgan fingerprint density at radius 3 is 2.54 bits per heavy atom. The average molecular weight is 385 g/mol. The van der Waals surface area contributed by atoms with Gasteiger partial charge in [-0.3, -0.25) is 4.79 Å². The zero-order valence-electron chi connectivity index (χ0n) is 15.5. The smallest absolute Gasteiger partial charge is 0.375 e. The van der Waals surface area contributed by atoms with Crippen molar-refractivity contribution in [1.82, 2.24) is 0 Å². The first-order valence-electron chi connectivity index (χ1n) is 8.80. The minimum Gasteiger partial charge on any atom is -0.449 e. The number of methoxy groups -OCH3 is 1. The predicted molar refractivity (Wildman–Crippen MR) is 101 cm³/mol. The van der Waals surface area contributed by atoms with Crippen LogP contribution < -0.4 is 5.32 Å². The Morgan fingerprint density at radius 1 is 1.14 bits per heavy atom. The topological polar surface area (TPSA) is 77.8 Å². The monoisotopic (exact) mass is 385 g/mol. The number of furan rings is 1. The van der Waals surface area contributed by atoms with E-state index in [0.29, 0.717) is 16.8 Å². The van der Waals surface area contributed by atoms with Gasteiger partial charge in [0.05, 0.1) is 6.61 Å². The Morgan fingerprint density at radius 2 is 1.86 bits per heavy atom. The van der Waals surface area contributed by atoms with Crippen LogP contribution >= 0.6 is 0 Å². The zero-order chi connectivity index (χ0) is 20.1. The van der Waals surface area contributed by atoms with Gasteiger partial charge in [-0.1, -0.05) is 25.1 Å².